The van der Waals surface area contributed by atoms with Crippen molar-refractivity contribution in [3.8, 4) is 0 Å². The van der Waals surface area contributed by atoms with E-state index >= 15 is 0 Å². The zero-order valence-electron chi connectivity index (χ0n) is 15.6. The van der Waals surface area contributed by atoms with Crippen LogP contribution in [0.15, 0.2) is 59.6 Å². The quantitative estimate of drug-likeness (QED) is 0.277. The van der Waals surface area contributed by atoms with Crippen molar-refractivity contribution in [3.63, 3.8) is 0 Å². The van der Waals surface area contributed by atoms with Gasteiger partial charge in [0.05, 0.1) is 6.61 Å². The maximum Gasteiger partial charge on any atom is 0.251 e. The Hall–Kier alpha value is -2.13. The molecule has 2 rings (SSSR count). The number of hydrogen-bond donors (Lipinski definition) is 4. The lowest BCUT2D eigenvalue weighted by atomic mass is 10.0. The second kappa shape index (κ2) is 12.3. The van der Waals surface area contributed by atoms with Crippen molar-refractivity contribution in [2.45, 2.75) is 12.5 Å². The molecule has 0 saturated heterocycles. The molecule has 6 nitrogen and oxygen atoms in total. The number of aliphatic imine (C=N–C) groups is 1. The lowest BCUT2D eigenvalue weighted by molar-refractivity contribution is 0.0963. The molecule has 0 saturated carbocycles. The van der Waals surface area contributed by atoms with E-state index in [-0.39, 0.29) is 42.4 Å². The largest absolute Gasteiger partial charge is 0.396 e. The molecule has 146 valence electrons. The molecule has 0 aromatic heterocycles. The van der Waals surface area contributed by atoms with Gasteiger partial charge in [-0.2, -0.15) is 0 Å². The summed E-state index contributed by atoms with van der Waals surface area (Å²) in [6, 6.07) is 17.3. The van der Waals surface area contributed by atoms with E-state index in [1.807, 2.05) is 48.5 Å². The molecule has 1 unspecified atom stereocenters. The summed E-state index contributed by atoms with van der Waals surface area (Å²) < 4.78 is 0. The summed E-state index contributed by atoms with van der Waals surface area (Å²) in [4.78, 5) is 15.9. The second-order valence-electron chi connectivity index (χ2n) is 5.88. The molecule has 1 amide bonds. The first-order chi connectivity index (χ1) is 12.7. The lowest BCUT2D eigenvalue weighted by Crippen LogP contribution is -2.39. The van der Waals surface area contributed by atoms with E-state index in [0.29, 0.717) is 24.6 Å². The highest BCUT2D eigenvalue weighted by Crippen LogP contribution is 2.13. The predicted octanol–water partition coefficient (Wildman–Crippen LogP) is 2.11. The molecular formula is C20H27IN4O2. The average molecular weight is 482 g/mol. The third-order valence-corrected chi connectivity index (χ3v) is 4.11. The van der Waals surface area contributed by atoms with E-state index in [0.717, 1.165) is 11.1 Å². The van der Waals surface area contributed by atoms with E-state index < -0.39 is 0 Å². The molecule has 0 radical (unpaired) electrons. The molecule has 1 atom stereocenters. The van der Waals surface area contributed by atoms with Crippen molar-refractivity contribution in [2.24, 2.45) is 4.99 Å². The molecule has 2 aromatic carbocycles. The fourth-order valence-corrected chi connectivity index (χ4v) is 2.61. The molecule has 0 spiro atoms. The Morgan fingerprint density at radius 2 is 1.85 bits per heavy atom. The molecule has 0 aliphatic carbocycles. The third-order valence-electron chi connectivity index (χ3n) is 4.11. The topological polar surface area (TPSA) is 85.8 Å². The second-order valence-corrected chi connectivity index (χ2v) is 5.88. The molecule has 2 aromatic rings. The molecule has 0 aliphatic rings. The number of aliphatic hydroxyl groups excluding tert-OH is 1. The van der Waals surface area contributed by atoms with Gasteiger partial charge in [-0.25, -0.2) is 0 Å². The number of hydrogen-bond acceptors (Lipinski definition) is 3. The van der Waals surface area contributed by atoms with Crippen LogP contribution in [-0.2, 0) is 6.54 Å². The third kappa shape index (κ3) is 7.18. The van der Waals surface area contributed by atoms with Crippen LogP contribution in [0.3, 0.4) is 0 Å². The van der Waals surface area contributed by atoms with Crippen molar-refractivity contribution in [1.29, 1.82) is 0 Å². The van der Waals surface area contributed by atoms with Crippen molar-refractivity contribution < 1.29 is 9.90 Å². The van der Waals surface area contributed by atoms with E-state index in [1.165, 1.54) is 0 Å². The van der Waals surface area contributed by atoms with Crippen LogP contribution in [0, 0.1) is 0 Å². The Bertz CT molecular complexity index is 738. The van der Waals surface area contributed by atoms with Crippen LogP contribution in [0.4, 0.5) is 0 Å². The van der Waals surface area contributed by atoms with Gasteiger partial charge in [-0.3, -0.25) is 9.79 Å². The van der Waals surface area contributed by atoms with Gasteiger partial charge in [0, 0.05) is 38.7 Å². The zero-order chi connectivity index (χ0) is 18.8. The number of carbonyl (C=O) groups excluding carboxylic acids is 1. The smallest absolute Gasteiger partial charge is 0.251 e. The van der Waals surface area contributed by atoms with Crippen molar-refractivity contribution in [2.75, 3.05) is 27.2 Å². The minimum absolute atomic E-state index is 0. The van der Waals surface area contributed by atoms with Gasteiger partial charge in [0.1, 0.15) is 0 Å². The number of aliphatic hydroxyl groups is 1. The summed E-state index contributed by atoms with van der Waals surface area (Å²) in [5, 5.41) is 18.7. The number of amides is 1. The predicted molar refractivity (Wildman–Crippen MR) is 120 cm³/mol. The fourth-order valence-electron chi connectivity index (χ4n) is 2.61. The van der Waals surface area contributed by atoms with Gasteiger partial charge in [-0.15, -0.1) is 24.0 Å². The molecule has 0 aliphatic heterocycles. The number of nitrogens with one attached hydrogen (secondary N) is 3. The van der Waals surface area contributed by atoms with Crippen LogP contribution >= 0.6 is 24.0 Å². The number of rotatable bonds is 7. The summed E-state index contributed by atoms with van der Waals surface area (Å²) in [5.41, 5.74) is 2.69. The lowest BCUT2D eigenvalue weighted by Gasteiger charge is -2.18. The zero-order valence-corrected chi connectivity index (χ0v) is 17.9. The number of guanidine groups is 1. The van der Waals surface area contributed by atoms with Crippen molar-refractivity contribution in [3.05, 3.63) is 71.3 Å². The van der Waals surface area contributed by atoms with Gasteiger partial charge in [0.15, 0.2) is 5.96 Å². The fraction of sp³-hybridized carbons (Fsp3) is 0.300. The van der Waals surface area contributed by atoms with E-state index in [2.05, 4.69) is 20.9 Å². The standard InChI is InChI=1S/C20H26N4O2.HI/c1-21-19(26)17-10-6-7-15(11-17)12-23-20(22-2)24-13-18(14-25)16-8-4-3-5-9-16;/h3-11,18,25H,12-14H2,1-2H3,(H,21,26)(H2,22,23,24);1H. The van der Waals surface area contributed by atoms with Crippen LogP contribution in [-0.4, -0.2) is 44.2 Å². The Kier molecular flexibility index (Phi) is 10.4. The Labute approximate surface area is 177 Å². The molecule has 0 heterocycles. The van der Waals surface area contributed by atoms with Crippen LogP contribution in [0.5, 0.6) is 0 Å². The summed E-state index contributed by atoms with van der Waals surface area (Å²) in [6.45, 7) is 1.17. The maximum atomic E-state index is 11.7. The van der Waals surface area contributed by atoms with Gasteiger partial charge in [0.25, 0.3) is 5.91 Å². The van der Waals surface area contributed by atoms with Gasteiger partial charge in [-0.05, 0) is 23.3 Å². The van der Waals surface area contributed by atoms with Crippen LogP contribution in [0.1, 0.15) is 27.4 Å². The highest BCUT2D eigenvalue weighted by molar-refractivity contribution is 14.0. The minimum atomic E-state index is -0.108. The number of carbonyl (C=O) groups is 1. The summed E-state index contributed by atoms with van der Waals surface area (Å²) >= 11 is 0. The Morgan fingerprint density at radius 3 is 2.48 bits per heavy atom. The normalized spacial score (nSPS) is 11.9. The van der Waals surface area contributed by atoms with Gasteiger partial charge in [-0.1, -0.05) is 42.5 Å². The first-order valence-corrected chi connectivity index (χ1v) is 8.59. The molecule has 7 heteroatoms. The maximum absolute atomic E-state index is 11.7. The molecule has 0 fully saturated rings. The SMILES string of the molecule is CN=C(NCc1cccc(C(=O)NC)c1)NCC(CO)c1ccccc1.I. The first-order valence-electron chi connectivity index (χ1n) is 8.59. The summed E-state index contributed by atoms with van der Waals surface area (Å²) in [6.07, 6.45) is 0. The first kappa shape index (κ1) is 22.9. The number of nitrogens with zero attached hydrogens (tertiary/aromatic N) is 1. The van der Waals surface area contributed by atoms with Crippen molar-refractivity contribution >= 4 is 35.8 Å². The van der Waals surface area contributed by atoms with Gasteiger partial charge in [0.2, 0.25) is 0 Å². The van der Waals surface area contributed by atoms with Crippen LogP contribution < -0.4 is 16.0 Å². The molecule has 0 bridgehead atoms. The van der Waals surface area contributed by atoms with Crippen LogP contribution in [0.2, 0.25) is 0 Å². The highest BCUT2D eigenvalue weighted by Gasteiger charge is 2.11. The minimum Gasteiger partial charge on any atom is -0.396 e. The highest BCUT2D eigenvalue weighted by atomic mass is 127. The molecular weight excluding hydrogens is 455 g/mol. The Balaban J connectivity index is 0.00000364. The van der Waals surface area contributed by atoms with Crippen LogP contribution in [0.25, 0.3) is 0 Å². The summed E-state index contributed by atoms with van der Waals surface area (Å²) in [7, 11) is 3.32. The average Bonchev–Trinajstić information content (AvgIpc) is 2.71. The van der Waals surface area contributed by atoms with Crippen molar-refractivity contribution in [1.82, 2.24) is 16.0 Å². The number of benzene rings is 2. The van der Waals surface area contributed by atoms with E-state index in [9.17, 15) is 9.90 Å². The monoisotopic (exact) mass is 482 g/mol. The molecule has 27 heavy (non-hydrogen) atoms. The van der Waals surface area contributed by atoms with E-state index in [4.69, 9.17) is 0 Å². The summed E-state index contributed by atoms with van der Waals surface area (Å²) in [5.74, 6) is 0.527. The number of halogens is 1. The van der Waals surface area contributed by atoms with Gasteiger partial charge < -0.3 is 21.1 Å². The van der Waals surface area contributed by atoms with Gasteiger partial charge >= 0.3 is 0 Å². The Morgan fingerprint density at radius 1 is 1.11 bits per heavy atom. The van der Waals surface area contributed by atoms with E-state index in [1.54, 1.807) is 20.2 Å². The molecule has 4 N–H and O–H groups in total.